The first-order chi connectivity index (χ1) is 9.51. The molecule has 1 atom stereocenters. The van der Waals surface area contributed by atoms with Crippen LogP contribution in [0.4, 0.5) is 10.5 Å². The van der Waals surface area contributed by atoms with Crippen LogP contribution in [0, 0.1) is 0 Å². The molecule has 0 saturated carbocycles. The Bertz CT molecular complexity index is 482. The zero-order valence-electron chi connectivity index (χ0n) is 11.8. The van der Waals surface area contributed by atoms with E-state index in [-0.39, 0.29) is 23.5 Å². The monoisotopic (exact) mass is 297 g/mol. The minimum Gasteiger partial charge on any atom is -0.476 e. The van der Waals surface area contributed by atoms with Gasteiger partial charge in [0.25, 0.3) is 0 Å². The van der Waals surface area contributed by atoms with Gasteiger partial charge in [0.1, 0.15) is 0 Å². The number of aromatic nitrogens is 1. The van der Waals surface area contributed by atoms with Gasteiger partial charge in [-0.05, 0) is 24.8 Å². The van der Waals surface area contributed by atoms with Crippen molar-refractivity contribution in [3.05, 3.63) is 24.0 Å². The molecule has 0 aliphatic rings. The number of rotatable bonds is 6. The van der Waals surface area contributed by atoms with E-state index in [2.05, 4.69) is 10.3 Å². The van der Waals surface area contributed by atoms with Crippen LogP contribution in [-0.4, -0.2) is 52.1 Å². The van der Waals surface area contributed by atoms with Crippen LogP contribution in [0.25, 0.3) is 0 Å². The predicted molar refractivity (Wildman–Crippen MR) is 80.4 cm³/mol. The Morgan fingerprint density at radius 1 is 1.55 bits per heavy atom. The van der Waals surface area contributed by atoms with Crippen LogP contribution >= 0.6 is 11.8 Å². The van der Waals surface area contributed by atoms with Gasteiger partial charge in [-0.25, -0.2) is 14.6 Å². The molecule has 0 aromatic carbocycles. The number of pyridine rings is 1. The fourth-order valence-corrected chi connectivity index (χ4v) is 2.59. The van der Waals surface area contributed by atoms with Gasteiger partial charge in [0, 0.05) is 25.0 Å². The SMILES string of the molecule is CCC(CSC)N(C)C(=O)Nc1cccnc1C(=O)O. The molecule has 7 heteroatoms. The highest BCUT2D eigenvalue weighted by atomic mass is 32.2. The number of carbonyl (C=O) groups excluding carboxylic acids is 1. The lowest BCUT2D eigenvalue weighted by Gasteiger charge is -2.27. The number of carboxylic acid groups (broad SMARTS) is 1. The lowest BCUT2D eigenvalue weighted by molar-refractivity contribution is 0.0691. The molecule has 1 rings (SSSR count). The zero-order valence-corrected chi connectivity index (χ0v) is 12.6. The number of nitrogens with one attached hydrogen (secondary N) is 1. The van der Waals surface area contributed by atoms with Crippen molar-refractivity contribution < 1.29 is 14.7 Å². The van der Waals surface area contributed by atoms with Crippen LogP contribution in [0.3, 0.4) is 0 Å². The maximum Gasteiger partial charge on any atom is 0.356 e. The molecule has 0 bridgehead atoms. The predicted octanol–water partition coefficient (Wildman–Crippen LogP) is 2.39. The van der Waals surface area contributed by atoms with Crippen LogP contribution in [0.1, 0.15) is 23.8 Å². The second kappa shape index (κ2) is 7.74. The highest BCUT2D eigenvalue weighted by Gasteiger charge is 2.20. The standard InChI is InChI=1S/C13H19N3O3S/c1-4-9(8-20-3)16(2)13(19)15-10-6-5-7-14-11(10)12(17)18/h5-7,9H,4,8H2,1-3H3,(H,15,19)(H,17,18). The Labute approximate surface area is 122 Å². The number of hydrogen-bond donors (Lipinski definition) is 2. The zero-order chi connectivity index (χ0) is 15.1. The highest BCUT2D eigenvalue weighted by molar-refractivity contribution is 7.98. The number of urea groups is 1. The highest BCUT2D eigenvalue weighted by Crippen LogP contribution is 2.15. The molecule has 0 aliphatic heterocycles. The van der Waals surface area contributed by atoms with Gasteiger partial charge in [0.15, 0.2) is 5.69 Å². The Morgan fingerprint density at radius 3 is 2.80 bits per heavy atom. The molecule has 1 aromatic heterocycles. The molecule has 1 heterocycles. The van der Waals surface area contributed by atoms with Gasteiger partial charge in [0.05, 0.1) is 5.69 Å². The Balaban J connectivity index is 2.82. The Hall–Kier alpha value is -1.76. The molecule has 0 spiro atoms. The molecule has 1 unspecified atom stereocenters. The van der Waals surface area contributed by atoms with Crippen LogP contribution in [0.5, 0.6) is 0 Å². The summed E-state index contributed by atoms with van der Waals surface area (Å²) in [5.41, 5.74) is 0.0445. The average Bonchev–Trinajstić information content (AvgIpc) is 2.44. The lowest BCUT2D eigenvalue weighted by atomic mass is 10.2. The van der Waals surface area contributed by atoms with Crippen molar-refractivity contribution >= 4 is 29.4 Å². The Kier molecular flexibility index (Phi) is 6.30. The van der Waals surface area contributed by atoms with Crippen molar-refractivity contribution in [3.63, 3.8) is 0 Å². The summed E-state index contributed by atoms with van der Waals surface area (Å²) in [6, 6.07) is 2.88. The van der Waals surface area contributed by atoms with Crippen LogP contribution < -0.4 is 5.32 Å². The third kappa shape index (κ3) is 4.12. The number of carbonyl (C=O) groups is 2. The van der Waals surface area contributed by atoms with Crippen LogP contribution in [-0.2, 0) is 0 Å². The first-order valence-electron chi connectivity index (χ1n) is 6.22. The third-order valence-electron chi connectivity index (χ3n) is 2.95. The maximum absolute atomic E-state index is 12.1. The van der Waals surface area contributed by atoms with Gasteiger partial charge in [0.2, 0.25) is 0 Å². The number of carboxylic acids is 1. The van der Waals surface area contributed by atoms with E-state index >= 15 is 0 Å². The third-order valence-corrected chi connectivity index (χ3v) is 3.67. The second-order valence-corrected chi connectivity index (χ2v) is 5.17. The topological polar surface area (TPSA) is 82.5 Å². The van der Waals surface area contributed by atoms with E-state index in [1.807, 2.05) is 13.2 Å². The molecule has 0 saturated heterocycles. The first-order valence-corrected chi connectivity index (χ1v) is 7.61. The fourth-order valence-electron chi connectivity index (χ4n) is 1.74. The summed E-state index contributed by atoms with van der Waals surface area (Å²) in [6.45, 7) is 2.01. The number of thioether (sulfide) groups is 1. The quantitative estimate of drug-likeness (QED) is 0.842. The molecule has 110 valence electrons. The van der Waals surface area contributed by atoms with E-state index in [1.165, 1.54) is 12.3 Å². The van der Waals surface area contributed by atoms with E-state index in [0.717, 1.165) is 12.2 Å². The molecule has 2 N–H and O–H groups in total. The molecular weight excluding hydrogens is 278 g/mol. The normalized spacial score (nSPS) is 11.8. The summed E-state index contributed by atoms with van der Waals surface area (Å²) >= 11 is 1.67. The van der Waals surface area contributed by atoms with Gasteiger partial charge in [-0.15, -0.1) is 0 Å². The summed E-state index contributed by atoms with van der Waals surface area (Å²) in [7, 11) is 1.70. The molecule has 0 radical (unpaired) electrons. The summed E-state index contributed by atoms with van der Waals surface area (Å²) in [5.74, 6) is -0.334. The van der Waals surface area contributed by atoms with E-state index in [4.69, 9.17) is 5.11 Å². The van der Waals surface area contributed by atoms with Crippen molar-refractivity contribution in [3.8, 4) is 0 Å². The van der Waals surface area contributed by atoms with Gasteiger partial charge in [-0.2, -0.15) is 11.8 Å². The fraction of sp³-hybridized carbons (Fsp3) is 0.462. The van der Waals surface area contributed by atoms with Crippen molar-refractivity contribution in [1.82, 2.24) is 9.88 Å². The first kappa shape index (κ1) is 16.3. The maximum atomic E-state index is 12.1. The smallest absolute Gasteiger partial charge is 0.356 e. The van der Waals surface area contributed by atoms with Crippen LogP contribution in [0.2, 0.25) is 0 Å². The summed E-state index contributed by atoms with van der Waals surface area (Å²) in [5, 5.41) is 11.6. The molecule has 6 nitrogen and oxygen atoms in total. The lowest BCUT2D eigenvalue weighted by Crippen LogP contribution is -2.41. The number of aromatic carboxylic acids is 1. The van der Waals surface area contributed by atoms with E-state index in [0.29, 0.717) is 0 Å². The van der Waals surface area contributed by atoms with Crippen molar-refractivity contribution in [1.29, 1.82) is 0 Å². The van der Waals surface area contributed by atoms with Crippen LogP contribution in [0.15, 0.2) is 18.3 Å². The molecule has 0 aliphatic carbocycles. The number of amides is 2. The summed E-state index contributed by atoms with van der Waals surface area (Å²) in [4.78, 5) is 28.5. The van der Waals surface area contributed by atoms with E-state index in [1.54, 1.807) is 29.8 Å². The summed E-state index contributed by atoms with van der Waals surface area (Å²) < 4.78 is 0. The number of anilines is 1. The number of nitrogens with zero attached hydrogens (tertiary/aromatic N) is 2. The molecule has 2 amide bonds. The molecule has 0 fully saturated rings. The largest absolute Gasteiger partial charge is 0.476 e. The van der Waals surface area contributed by atoms with Gasteiger partial charge in [-0.1, -0.05) is 6.92 Å². The van der Waals surface area contributed by atoms with E-state index in [9.17, 15) is 9.59 Å². The summed E-state index contributed by atoms with van der Waals surface area (Å²) in [6.07, 6.45) is 4.20. The van der Waals surface area contributed by atoms with Gasteiger partial charge < -0.3 is 15.3 Å². The van der Waals surface area contributed by atoms with Crippen molar-refractivity contribution in [2.24, 2.45) is 0 Å². The molecular formula is C13H19N3O3S. The van der Waals surface area contributed by atoms with Crippen molar-refractivity contribution in [2.75, 3.05) is 24.4 Å². The van der Waals surface area contributed by atoms with E-state index < -0.39 is 5.97 Å². The molecule has 1 aromatic rings. The van der Waals surface area contributed by atoms with Gasteiger partial charge >= 0.3 is 12.0 Å². The number of hydrogen-bond acceptors (Lipinski definition) is 4. The molecule has 20 heavy (non-hydrogen) atoms. The average molecular weight is 297 g/mol. The van der Waals surface area contributed by atoms with Crippen molar-refractivity contribution in [2.45, 2.75) is 19.4 Å². The minimum atomic E-state index is -1.17. The van der Waals surface area contributed by atoms with Gasteiger partial charge in [-0.3, -0.25) is 0 Å². The second-order valence-electron chi connectivity index (χ2n) is 4.26. The minimum absolute atomic E-state index is 0.106. The Morgan fingerprint density at radius 2 is 2.25 bits per heavy atom.